The molecule has 0 aliphatic rings. The van der Waals surface area contributed by atoms with E-state index in [0.29, 0.717) is 17.4 Å². The van der Waals surface area contributed by atoms with Crippen molar-refractivity contribution in [3.05, 3.63) is 109 Å². The minimum Gasteiger partial charge on any atom is -0.387 e. The standard InChI is InChI=1S/C79H143N2O6P/c1-6-8-10-12-14-16-18-20-22-24-26-28-30-32-34-36-38-39-40-41-43-45-47-49-51-53-55-57-59-61-63-65-67-69-71-73-79(83)80-77(76-87-88(84,85)86-75-74-81(3,4)5)78(82)72-70-68-66-64-62-60-58-56-54-52-50-48-46-44-42-37-35-33-31-29-27-25-23-21-19-17-15-13-11-9-7-2/h8,10,14,16,20,22,26,28,32,34,38-39,54,56,62,64,70,72,77-78,82H,6-7,9,11-13,15,17-19,21,23-25,27,29-31,33,35-37,40-53,55,57-61,63,65-69,71,73-76H2,1-5H3,(H-,80,83,84,85)/p+1/b10-8-,16-14-,22-20-,28-26-,34-32-,39-38-,56-54+,64-62+,72-70+. The molecule has 0 aromatic heterocycles. The van der Waals surface area contributed by atoms with E-state index in [2.05, 4.69) is 116 Å². The number of allylic oxidation sites excluding steroid dienone is 17. The number of phosphoric ester groups is 1. The number of quaternary nitrogens is 1. The molecule has 88 heavy (non-hydrogen) atoms. The Hall–Kier alpha value is -2.84. The molecular formula is C79H144N2O6P+. The Morgan fingerprint density at radius 3 is 1.05 bits per heavy atom. The molecule has 0 spiro atoms. The van der Waals surface area contributed by atoms with E-state index in [1.54, 1.807) is 6.08 Å². The second kappa shape index (κ2) is 68.5. The molecule has 0 radical (unpaired) electrons. The Morgan fingerprint density at radius 2 is 0.693 bits per heavy atom. The minimum atomic E-state index is -4.37. The van der Waals surface area contributed by atoms with Gasteiger partial charge in [-0.3, -0.25) is 13.8 Å². The molecule has 0 saturated heterocycles. The topological polar surface area (TPSA) is 105 Å². The second-order valence-corrected chi connectivity index (χ2v) is 27.7. The van der Waals surface area contributed by atoms with Crippen LogP contribution in [0, 0.1) is 0 Å². The molecule has 0 bridgehead atoms. The van der Waals surface area contributed by atoms with Crippen LogP contribution in [-0.2, 0) is 18.4 Å². The molecular weight excluding hydrogens is 1100 g/mol. The Kier molecular flexibility index (Phi) is 66.3. The summed E-state index contributed by atoms with van der Waals surface area (Å²) in [5.74, 6) is -0.190. The molecule has 0 rings (SSSR count). The number of carbonyl (C=O) groups excluding carboxylic acids is 1. The zero-order chi connectivity index (χ0) is 64.1. The molecule has 1 amide bonds. The lowest BCUT2D eigenvalue weighted by atomic mass is 10.0. The van der Waals surface area contributed by atoms with E-state index in [-0.39, 0.29) is 19.1 Å². The molecule has 0 aromatic rings. The van der Waals surface area contributed by atoms with Gasteiger partial charge in [0.1, 0.15) is 13.2 Å². The number of nitrogens with zero attached hydrogens (tertiary/aromatic N) is 1. The van der Waals surface area contributed by atoms with E-state index in [0.717, 1.165) is 83.5 Å². The molecule has 0 fully saturated rings. The van der Waals surface area contributed by atoms with Crippen molar-refractivity contribution in [2.45, 2.75) is 347 Å². The highest BCUT2D eigenvalue weighted by molar-refractivity contribution is 7.47. The molecule has 3 N–H and O–H groups in total. The van der Waals surface area contributed by atoms with Gasteiger partial charge in [-0.1, -0.05) is 342 Å². The first kappa shape index (κ1) is 85.2. The van der Waals surface area contributed by atoms with Crippen molar-refractivity contribution < 1.29 is 32.9 Å². The first-order chi connectivity index (χ1) is 43.0. The maximum Gasteiger partial charge on any atom is 0.472 e. The van der Waals surface area contributed by atoms with Crippen molar-refractivity contribution in [1.29, 1.82) is 0 Å². The van der Waals surface area contributed by atoms with E-state index in [1.165, 1.54) is 231 Å². The van der Waals surface area contributed by atoms with Gasteiger partial charge in [0.05, 0.1) is 39.9 Å². The Bertz CT molecular complexity index is 1810. The van der Waals surface area contributed by atoms with Crippen LogP contribution in [0.25, 0.3) is 0 Å². The zero-order valence-corrected chi connectivity index (χ0v) is 59.3. The number of aliphatic hydroxyl groups is 1. The third-order valence-corrected chi connectivity index (χ3v) is 17.4. The van der Waals surface area contributed by atoms with Crippen molar-refractivity contribution in [2.75, 3.05) is 40.9 Å². The van der Waals surface area contributed by atoms with Gasteiger partial charge in [0.2, 0.25) is 5.91 Å². The summed E-state index contributed by atoms with van der Waals surface area (Å²) in [6.07, 6.45) is 101. The monoisotopic (exact) mass is 1250 g/mol. The molecule has 0 aliphatic heterocycles. The molecule has 0 heterocycles. The first-order valence-corrected chi connectivity index (χ1v) is 38.8. The van der Waals surface area contributed by atoms with Gasteiger partial charge in [-0.15, -0.1) is 0 Å². The largest absolute Gasteiger partial charge is 0.472 e. The number of aliphatic hydroxyl groups excluding tert-OH is 1. The van der Waals surface area contributed by atoms with Crippen LogP contribution in [0.3, 0.4) is 0 Å². The summed E-state index contributed by atoms with van der Waals surface area (Å²) in [5, 5.41) is 14.0. The summed E-state index contributed by atoms with van der Waals surface area (Å²) >= 11 is 0. The number of rotatable bonds is 68. The smallest absolute Gasteiger partial charge is 0.387 e. The van der Waals surface area contributed by atoms with Gasteiger partial charge in [0.25, 0.3) is 0 Å². The van der Waals surface area contributed by atoms with Gasteiger partial charge < -0.3 is 19.8 Å². The summed E-state index contributed by atoms with van der Waals surface area (Å²) in [5.41, 5.74) is 0. The third-order valence-electron chi connectivity index (χ3n) is 16.5. The van der Waals surface area contributed by atoms with Crippen molar-refractivity contribution in [3.8, 4) is 0 Å². The van der Waals surface area contributed by atoms with Crippen LogP contribution in [-0.4, -0.2) is 73.4 Å². The van der Waals surface area contributed by atoms with Crippen molar-refractivity contribution in [3.63, 3.8) is 0 Å². The number of phosphoric acid groups is 1. The number of hydrogen-bond acceptors (Lipinski definition) is 5. The van der Waals surface area contributed by atoms with E-state index in [1.807, 2.05) is 27.2 Å². The Balaban J connectivity index is 4.10. The van der Waals surface area contributed by atoms with E-state index < -0.39 is 20.0 Å². The van der Waals surface area contributed by atoms with Crippen molar-refractivity contribution in [1.82, 2.24) is 5.32 Å². The van der Waals surface area contributed by atoms with Gasteiger partial charge in [-0.2, -0.15) is 0 Å². The lowest BCUT2D eigenvalue weighted by molar-refractivity contribution is -0.870. The zero-order valence-electron chi connectivity index (χ0n) is 58.4. The predicted molar refractivity (Wildman–Crippen MR) is 387 cm³/mol. The SMILES string of the molecule is CC/C=C\C/C=C\C/C=C\C/C=C\C/C=C\C/C=C\CCCCCCCCCCCCCCCCCCC(=O)NC(COP(=O)(O)OCC[N+](C)(C)C)C(O)/C=C/CC/C=C/CC/C=C/CCCCCCCCCCCCCCCCCCCCCCC. The number of hydrogen-bond donors (Lipinski definition) is 3. The molecule has 3 unspecified atom stereocenters. The minimum absolute atomic E-state index is 0.0503. The second-order valence-electron chi connectivity index (χ2n) is 26.3. The maximum absolute atomic E-state index is 13.1. The average molecular weight is 1250 g/mol. The fourth-order valence-corrected chi connectivity index (χ4v) is 11.5. The van der Waals surface area contributed by atoms with Gasteiger partial charge in [0.15, 0.2) is 0 Å². The van der Waals surface area contributed by atoms with Crippen LogP contribution < -0.4 is 5.32 Å². The molecule has 9 heteroatoms. The van der Waals surface area contributed by atoms with E-state index >= 15 is 0 Å². The number of unbranched alkanes of at least 4 members (excludes halogenated alkanes) is 39. The lowest BCUT2D eigenvalue weighted by Gasteiger charge is -2.25. The Labute approximate surface area is 546 Å². The van der Waals surface area contributed by atoms with E-state index in [4.69, 9.17) is 9.05 Å². The van der Waals surface area contributed by atoms with E-state index in [9.17, 15) is 19.4 Å². The van der Waals surface area contributed by atoms with Crippen LogP contribution in [0.4, 0.5) is 0 Å². The number of amides is 1. The highest BCUT2D eigenvalue weighted by Gasteiger charge is 2.28. The maximum atomic E-state index is 13.1. The molecule has 0 aliphatic carbocycles. The van der Waals surface area contributed by atoms with Crippen molar-refractivity contribution >= 4 is 13.7 Å². The quantitative estimate of drug-likeness (QED) is 0.0243. The van der Waals surface area contributed by atoms with Gasteiger partial charge in [-0.05, 0) is 96.3 Å². The summed E-state index contributed by atoms with van der Waals surface area (Å²) < 4.78 is 23.8. The number of nitrogens with one attached hydrogen (secondary N) is 1. The summed E-state index contributed by atoms with van der Waals surface area (Å²) in [7, 11) is 1.55. The van der Waals surface area contributed by atoms with Crippen LogP contribution in [0.5, 0.6) is 0 Å². The van der Waals surface area contributed by atoms with Gasteiger partial charge >= 0.3 is 7.82 Å². The lowest BCUT2D eigenvalue weighted by Crippen LogP contribution is -2.45. The molecule has 3 atom stereocenters. The molecule has 510 valence electrons. The van der Waals surface area contributed by atoms with Crippen LogP contribution in [0.15, 0.2) is 109 Å². The summed E-state index contributed by atoms with van der Waals surface area (Å²) in [6, 6.07) is -0.878. The first-order valence-electron chi connectivity index (χ1n) is 37.3. The third kappa shape index (κ3) is 70.6. The van der Waals surface area contributed by atoms with Crippen LogP contribution in [0.1, 0.15) is 335 Å². The van der Waals surface area contributed by atoms with Crippen LogP contribution in [0.2, 0.25) is 0 Å². The normalized spacial score (nSPS) is 14.2. The Morgan fingerprint density at radius 1 is 0.398 bits per heavy atom. The summed E-state index contributed by atoms with van der Waals surface area (Å²) in [4.78, 5) is 23.5. The van der Waals surface area contributed by atoms with Crippen LogP contribution >= 0.6 is 7.82 Å². The summed E-state index contributed by atoms with van der Waals surface area (Å²) in [6.45, 7) is 4.70. The fraction of sp³-hybridized carbons (Fsp3) is 0.759. The average Bonchev–Trinajstić information content (AvgIpc) is 3.64. The van der Waals surface area contributed by atoms with Gasteiger partial charge in [0, 0.05) is 6.42 Å². The number of carbonyl (C=O) groups is 1. The van der Waals surface area contributed by atoms with Crippen molar-refractivity contribution in [2.24, 2.45) is 0 Å². The number of likely N-dealkylation sites (N-methyl/N-ethyl adjacent to an activating group) is 1. The predicted octanol–water partition coefficient (Wildman–Crippen LogP) is 24.2. The molecule has 0 saturated carbocycles. The highest BCUT2D eigenvalue weighted by Crippen LogP contribution is 2.43. The fourth-order valence-electron chi connectivity index (χ4n) is 10.7. The molecule has 0 aromatic carbocycles. The molecule has 8 nitrogen and oxygen atoms in total. The highest BCUT2D eigenvalue weighted by atomic mass is 31.2. The van der Waals surface area contributed by atoms with Gasteiger partial charge in [-0.25, -0.2) is 4.57 Å².